The molecule has 0 aromatic carbocycles. The smallest absolute Gasteiger partial charge is 0.126 e. The molecule has 1 fully saturated rings. The summed E-state index contributed by atoms with van der Waals surface area (Å²) in [7, 11) is 0. The summed E-state index contributed by atoms with van der Waals surface area (Å²) >= 11 is 0. The van der Waals surface area contributed by atoms with E-state index in [9.17, 15) is 0 Å². The van der Waals surface area contributed by atoms with Crippen molar-refractivity contribution < 1.29 is 0 Å². The molecule has 25 heavy (non-hydrogen) atoms. The van der Waals surface area contributed by atoms with Gasteiger partial charge in [-0.05, 0) is 50.4 Å². The molecule has 0 saturated carbocycles. The van der Waals surface area contributed by atoms with Gasteiger partial charge in [0.25, 0.3) is 0 Å². The molecule has 128 valence electrons. The third-order valence-electron chi connectivity index (χ3n) is 5.78. The molecule has 0 N–H and O–H groups in total. The molecule has 5 heteroatoms. The summed E-state index contributed by atoms with van der Waals surface area (Å²) in [5.41, 5.74) is 6.70. The van der Waals surface area contributed by atoms with E-state index in [2.05, 4.69) is 31.6 Å². The van der Waals surface area contributed by atoms with Gasteiger partial charge in [-0.15, -0.1) is 0 Å². The molecule has 2 aliphatic heterocycles. The van der Waals surface area contributed by atoms with E-state index in [0.29, 0.717) is 6.04 Å². The molecule has 1 unspecified atom stereocenters. The monoisotopic (exact) mass is 333 g/mol. The fourth-order valence-electron chi connectivity index (χ4n) is 4.62. The van der Waals surface area contributed by atoms with Crippen molar-refractivity contribution in [2.45, 2.75) is 45.2 Å². The predicted molar refractivity (Wildman–Crippen MR) is 97.5 cm³/mol. The predicted octanol–water partition coefficient (Wildman–Crippen LogP) is 3.07. The lowest BCUT2D eigenvalue weighted by Gasteiger charge is -2.30. The van der Waals surface area contributed by atoms with Crippen LogP contribution in [0.1, 0.15) is 41.5 Å². The zero-order valence-corrected chi connectivity index (χ0v) is 14.6. The van der Waals surface area contributed by atoms with Crippen LogP contribution in [-0.4, -0.2) is 37.5 Å². The second-order valence-electron chi connectivity index (χ2n) is 7.21. The Morgan fingerprint density at radius 3 is 2.96 bits per heavy atom. The summed E-state index contributed by atoms with van der Waals surface area (Å²) in [4.78, 5) is 16.1. The summed E-state index contributed by atoms with van der Waals surface area (Å²) < 4.78 is 2.49. The first-order chi connectivity index (χ1) is 12.3. The van der Waals surface area contributed by atoms with Crippen LogP contribution in [0.25, 0.3) is 11.0 Å². The van der Waals surface area contributed by atoms with Gasteiger partial charge in [-0.3, -0.25) is 9.88 Å². The molecule has 3 aromatic heterocycles. The molecule has 5 rings (SSSR count). The van der Waals surface area contributed by atoms with Gasteiger partial charge in [0.2, 0.25) is 0 Å². The average Bonchev–Trinajstić information content (AvgIpc) is 3.22. The molecule has 5 heterocycles. The van der Waals surface area contributed by atoms with E-state index in [0.717, 1.165) is 25.2 Å². The number of pyridine rings is 1. The number of nitrogens with zero attached hydrogens (tertiary/aromatic N) is 5. The minimum absolute atomic E-state index is 0.558. The Kier molecular flexibility index (Phi) is 3.55. The summed E-state index contributed by atoms with van der Waals surface area (Å²) in [6.07, 6.45) is 10.5. The van der Waals surface area contributed by atoms with Crippen LogP contribution in [0.4, 0.5) is 0 Å². The van der Waals surface area contributed by atoms with Crippen molar-refractivity contribution in [2.75, 3.05) is 13.1 Å². The molecule has 0 aliphatic carbocycles. The highest BCUT2D eigenvalue weighted by Crippen LogP contribution is 2.42. The number of fused-ring (bicyclic) bond motifs is 5. The van der Waals surface area contributed by atoms with E-state index in [-0.39, 0.29) is 0 Å². The summed E-state index contributed by atoms with van der Waals surface area (Å²) in [6.45, 7) is 5.39. The van der Waals surface area contributed by atoms with Crippen molar-refractivity contribution in [2.24, 2.45) is 0 Å². The maximum atomic E-state index is 4.86. The van der Waals surface area contributed by atoms with Crippen LogP contribution < -0.4 is 0 Å². The molecule has 2 aliphatic rings. The second kappa shape index (κ2) is 5.92. The quantitative estimate of drug-likeness (QED) is 0.739. The molecule has 0 amide bonds. The van der Waals surface area contributed by atoms with Crippen LogP contribution in [0, 0.1) is 6.92 Å². The third-order valence-corrected chi connectivity index (χ3v) is 5.78. The van der Waals surface area contributed by atoms with Gasteiger partial charge in [-0.25, -0.2) is 9.97 Å². The number of hydrogen-bond acceptors (Lipinski definition) is 4. The zero-order valence-electron chi connectivity index (χ0n) is 14.6. The maximum absolute atomic E-state index is 4.86. The van der Waals surface area contributed by atoms with Gasteiger partial charge < -0.3 is 4.57 Å². The van der Waals surface area contributed by atoms with E-state index in [1.165, 1.54) is 53.8 Å². The lowest BCUT2D eigenvalue weighted by atomic mass is 9.98. The second-order valence-corrected chi connectivity index (χ2v) is 7.21. The Hall–Kier alpha value is -2.27. The molecular weight excluding hydrogens is 310 g/mol. The molecule has 1 atom stereocenters. The van der Waals surface area contributed by atoms with Crippen molar-refractivity contribution >= 4 is 11.0 Å². The van der Waals surface area contributed by atoms with Gasteiger partial charge >= 0.3 is 0 Å². The largest absolute Gasteiger partial charge is 0.341 e. The molecule has 5 nitrogen and oxygen atoms in total. The minimum atomic E-state index is 0.558. The first kappa shape index (κ1) is 15.0. The Bertz CT molecular complexity index is 915. The molecule has 0 radical (unpaired) electrons. The van der Waals surface area contributed by atoms with Crippen molar-refractivity contribution in [1.82, 2.24) is 24.4 Å². The summed E-state index contributed by atoms with van der Waals surface area (Å²) in [5.74, 6) is 0.872. The average molecular weight is 333 g/mol. The van der Waals surface area contributed by atoms with Crippen LogP contribution in [0.5, 0.6) is 0 Å². The Morgan fingerprint density at radius 2 is 2.08 bits per heavy atom. The topological polar surface area (TPSA) is 46.8 Å². The SMILES string of the molecule is Cc1ncc2c(n1)c1c(n2CCc2ccncc2)CCN2CCCC12. The number of aromatic nitrogens is 4. The van der Waals surface area contributed by atoms with Crippen LogP contribution >= 0.6 is 0 Å². The molecule has 1 saturated heterocycles. The third kappa shape index (κ3) is 2.45. The van der Waals surface area contributed by atoms with Crippen LogP contribution in [0.15, 0.2) is 30.7 Å². The van der Waals surface area contributed by atoms with Crippen molar-refractivity contribution in [3.63, 3.8) is 0 Å². The highest BCUT2D eigenvalue weighted by atomic mass is 15.2. The van der Waals surface area contributed by atoms with E-state index >= 15 is 0 Å². The van der Waals surface area contributed by atoms with Gasteiger partial charge in [0, 0.05) is 49.2 Å². The summed E-state index contributed by atoms with van der Waals surface area (Å²) in [5, 5.41) is 0. The maximum Gasteiger partial charge on any atom is 0.126 e. The fourth-order valence-corrected chi connectivity index (χ4v) is 4.62. The minimum Gasteiger partial charge on any atom is -0.341 e. The normalized spacial score (nSPS) is 20.0. The lowest BCUT2D eigenvalue weighted by molar-refractivity contribution is 0.241. The summed E-state index contributed by atoms with van der Waals surface area (Å²) in [6, 6.07) is 4.78. The van der Waals surface area contributed by atoms with Crippen LogP contribution in [0.3, 0.4) is 0 Å². The van der Waals surface area contributed by atoms with Crippen LogP contribution in [-0.2, 0) is 19.4 Å². The van der Waals surface area contributed by atoms with Gasteiger partial charge in [0.15, 0.2) is 0 Å². The highest BCUT2D eigenvalue weighted by Gasteiger charge is 2.35. The molecule has 3 aromatic rings. The van der Waals surface area contributed by atoms with E-state index in [1.54, 1.807) is 0 Å². The van der Waals surface area contributed by atoms with Crippen molar-refractivity contribution in [3.05, 3.63) is 53.4 Å². The Balaban J connectivity index is 1.61. The number of hydrogen-bond donors (Lipinski definition) is 0. The Labute approximate surface area is 147 Å². The highest BCUT2D eigenvalue weighted by molar-refractivity contribution is 5.82. The van der Waals surface area contributed by atoms with Crippen molar-refractivity contribution in [1.29, 1.82) is 0 Å². The van der Waals surface area contributed by atoms with Gasteiger partial charge in [0.1, 0.15) is 5.82 Å². The van der Waals surface area contributed by atoms with Gasteiger partial charge in [-0.2, -0.15) is 0 Å². The fraction of sp³-hybridized carbons (Fsp3) is 0.450. The zero-order chi connectivity index (χ0) is 16.8. The first-order valence-corrected chi connectivity index (χ1v) is 9.29. The van der Waals surface area contributed by atoms with Crippen molar-refractivity contribution in [3.8, 4) is 0 Å². The first-order valence-electron chi connectivity index (χ1n) is 9.29. The van der Waals surface area contributed by atoms with Crippen LogP contribution in [0.2, 0.25) is 0 Å². The molecule has 0 bridgehead atoms. The number of aryl methyl sites for hydroxylation is 3. The van der Waals surface area contributed by atoms with E-state index in [4.69, 9.17) is 4.98 Å². The number of rotatable bonds is 3. The standard InChI is InChI=1S/C20H23N5/c1-14-22-13-18-20(23-14)19-16-3-2-10-24(16)11-7-17(19)25(18)12-6-15-4-8-21-9-5-15/h4-5,8-9,13,16H,2-3,6-7,10-12H2,1H3. The molecular formula is C20H23N5. The Morgan fingerprint density at radius 1 is 1.20 bits per heavy atom. The lowest BCUT2D eigenvalue weighted by Crippen LogP contribution is -2.31. The van der Waals surface area contributed by atoms with Gasteiger partial charge in [0.05, 0.1) is 17.2 Å². The molecule has 0 spiro atoms. The van der Waals surface area contributed by atoms with E-state index < -0.39 is 0 Å². The van der Waals surface area contributed by atoms with Gasteiger partial charge in [-0.1, -0.05) is 0 Å². The van der Waals surface area contributed by atoms with E-state index in [1.807, 2.05) is 25.5 Å².